The molecule has 0 aromatic carbocycles. The molecule has 0 radical (unpaired) electrons. The van der Waals surface area contributed by atoms with Crippen LogP contribution in [0.3, 0.4) is 0 Å². The van der Waals surface area contributed by atoms with Crippen LogP contribution in [-0.2, 0) is 0 Å². The molecule has 2 unspecified atom stereocenters. The lowest BCUT2D eigenvalue weighted by molar-refractivity contribution is 0.284. The highest BCUT2D eigenvalue weighted by atomic mass is 15.3. The Morgan fingerprint density at radius 1 is 1.35 bits per heavy atom. The standard InChI is InChI=1S/C14H27N3/c1-6-12(5)17(10-11(3)4)14-15-9-8-13(7-2)16-14/h9,11-13H,6-8,10H2,1-5H3. The van der Waals surface area contributed by atoms with Crippen molar-refractivity contribution < 1.29 is 0 Å². The fraction of sp³-hybridized carbons (Fsp3) is 0.857. The summed E-state index contributed by atoms with van der Waals surface area (Å²) < 4.78 is 0. The molecule has 0 aromatic heterocycles. The molecule has 0 N–H and O–H groups in total. The van der Waals surface area contributed by atoms with Gasteiger partial charge in [0.05, 0.1) is 6.04 Å². The smallest absolute Gasteiger partial charge is 0.220 e. The van der Waals surface area contributed by atoms with Gasteiger partial charge in [-0.25, -0.2) is 9.98 Å². The highest BCUT2D eigenvalue weighted by Gasteiger charge is 2.20. The molecule has 98 valence electrons. The minimum Gasteiger partial charge on any atom is -0.338 e. The molecule has 0 aliphatic carbocycles. The molecule has 1 rings (SSSR count). The number of rotatable bonds is 5. The maximum absolute atomic E-state index is 4.77. The van der Waals surface area contributed by atoms with E-state index in [-0.39, 0.29) is 0 Å². The van der Waals surface area contributed by atoms with Crippen LogP contribution in [-0.4, -0.2) is 35.7 Å². The topological polar surface area (TPSA) is 28.0 Å². The Hall–Kier alpha value is -0.860. The van der Waals surface area contributed by atoms with Gasteiger partial charge in [0.1, 0.15) is 0 Å². The van der Waals surface area contributed by atoms with Gasteiger partial charge in [0.2, 0.25) is 5.96 Å². The van der Waals surface area contributed by atoms with E-state index in [1.165, 1.54) is 0 Å². The third-order valence-corrected chi connectivity index (χ3v) is 3.30. The first-order chi connectivity index (χ1) is 8.08. The second kappa shape index (κ2) is 6.77. The lowest BCUT2D eigenvalue weighted by Crippen LogP contribution is -2.41. The number of hydrogen-bond donors (Lipinski definition) is 0. The van der Waals surface area contributed by atoms with E-state index in [9.17, 15) is 0 Å². The molecule has 2 atom stereocenters. The number of hydrogen-bond acceptors (Lipinski definition) is 3. The van der Waals surface area contributed by atoms with Gasteiger partial charge in [-0.3, -0.25) is 0 Å². The van der Waals surface area contributed by atoms with E-state index in [4.69, 9.17) is 4.99 Å². The summed E-state index contributed by atoms with van der Waals surface area (Å²) in [6, 6.07) is 0.949. The summed E-state index contributed by atoms with van der Waals surface area (Å²) in [6.45, 7) is 12.2. The molecule has 3 nitrogen and oxygen atoms in total. The van der Waals surface area contributed by atoms with Gasteiger partial charge in [0.15, 0.2) is 0 Å². The average molecular weight is 237 g/mol. The molecule has 0 saturated carbocycles. The molecule has 3 heteroatoms. The van der Waals surface area contributed by atoms with Crippen molar-refractivity contribution in [2.45, 2.75) is 66.0 Å². The Morgan fingerprint density at radius 2 is 2.06 bits per heavy atom. The summed E-state index contributed by atoms with van der Waals surface area (Å²) in [6.07, 6.45) is 5.27. The maximum atomic E-state index is 4.77. The quantitative estimate of drug-likeness (QED) is 0.720. The highest BCUT2D eigenvalue weighted by Crippen LogP contribution is 2.14. The lowest BCUT2D eigenvalue weighted by atomic mass is 10.1. The summed E-state index contributed by atoms with van der Waals surface area (Å²) in [5, 5.41) is 0. The predicted octanol–water partition coefficient (Wildman–Crippen LogP) is 3.35. The van der Waals surface area contributed by atoms with Crippen molar-refractivity contribution in [3.05, 3.63) is 0 Å². The van der Waals surface area contributed by atoms with Crippen LogP contribution in [0, 0.1) is 5.92 Å². The van der Waals surface area contributed by atoms with Crippen LogP contribution in [0.15, 0.2) is 9.98 Å². The SMILES string of the molecule is CCC1CC=NC(N(CC(C)C)C(C)CC)=N1. The Bertz CT molecular complexity index is 281. The molecule has 0 aromatic rings. The molecule has 1 aliphatic rings. The molecule has 0 saturated heterocycles. The van der Waals surface area contributed by atoms with Crippen LogP contribution < -0.4 is 0 Å². The van der Waals surface area contributed by atoms with Gasteiger partial charge in [0, 0.05) is 25.2 Å². The molecule has 1 aliphatic heterocycles. The molecular weight excluding hydrogens is 210 g/mol. The first-order valence-electron chi connectivity index (χ1n) is 6.95. The monoisotopic (exact) mass is 237 g/mol. The van der Waals surface area contributed by atoms with Gasteiger partial charge in [0.25, 0.3) is 0 Å². The van der Waals surface area contributed by atoms with Crippen molar-refractivity contribution in [1.29, 1.82) is 0 Å². The summed E-state index contributed by atoms with van der Waals surface area (Å²) in [5.74, 6) is 1.59. The van der Waals surface area contributed by atoms with Crippen LogP contribution in [0.4, 0.5) is 0 Å². The first-order valence-corrected chi connectivity index (χ1v) is 6.95. The molecule has 0 fully saturated rings. The van der Waals surface area contributed by atoms with Gasteiger partial charge in [-0.1, -0.05) is 27.7 Å². The van der Waals surface area contributed by atoms with Crippen molar-refractivity contribution in [2.75, 3.05) is 6.54 Å². The van der Waals surface area contributed by atoms with Crippen molar-refractivity contribution >= 4 is 12.2 Å². The average Bonchev–Trinajstić information content (AvgIpc) is 2.35. The van der Waals surface area contributed by atoms with Gasteiger partial charge in [-0.05, 0) is 25.7 Å². The van der Waals surface area contributed by atoms with Crippen molar-refractivity contribution in [3.63, 3.8) is 0 Å². The zero-order chi connectivity index (χ0) is 12.8. The minimum absolute atomic E-state index is 0.432. The van der Waals surface area contributed by atoms with Crippen LogP contribution in [0.25, 0.3) is 0 Å². The fourth-order valence-electron chi connectivity index (χ4n) is 1.98. The minimum atomic E-state index is 0.432. The van der Waals surface area contributed by atoms with Crippen LogP contribution >= 0.6 is 0 Å². The largest absolute Gasteiger partial charge is 0.338 e. The van der Waals surface area contributed by atoms with Crippen molar-refractivity contribution in [1.82, 2.24) is 4.90 Å². The van der Waals surface area contributed by atoms with E-state index in [2.05, 4.69) is 44.5 Å². The third kappa shape index (κ3) is 4.14. The predicted molar refractivity (Wildman–Crippen MR) is 75.9 cm³/mol. The van der Waals surface area contributed by atoms with Gasteiger partial charge >= 0.3 is 0 Å². The first kappa shape index (κ1) is 14.2. The zero-order valence-electron chi connectivity index (χ0n) is 12.0. The zero-order valence-corrected chi connectivity index (χ0v) is 12.0. The Balaban J connectivity index is 2.81. The summed E-state index contributed by atoms with van der Waals surface area (Å²) >= 11 is 0. The molecule has 1 heterocycles. The maximum Gasteiger partial charge on any atom is 0.220 e. The second-order valence-corrected chi connectivity index (χ2v) is 5.34. The highest BCUT2D eigenvalue weighted by molar-refractivity contribution is 5.90. The fourth-order valence-corrected chi connectivity index (χ4v) is 1.98. The molecule has 0 amide bonds. The summed E-state index contributed by atoms with van der Waals surface area (Å²) in [4.78, 5) is 11.6. The summed E-state index contributed by atoms with van der Waals surface area (Å²) in [5.41, 5.74) is 0. The van der Waals surface area contributed by atoms with Crippen LogP contribution in [0.1, 0.15) is 53.9 Å². The Labute approximate surface area is 106 Å². The molecule has 0 spiro atoms. The van der Waals surface area contributed by atoms with Gasteiger partial charge < -0.3 is 4.90 Å². The third-order valence-electron chi connectivity index (χ3n) is 3.30. The summed E-state index contributed by atoms with van der Waals surface area (Å²) in [7, 11) is 0. The normalized spacial score (nSPS) is 21.5. The van der Waals surface area contributed by atoms with E-state index >= 15 is 0 Å². The second-order valence-electron chi connectivity index (χ2n) is 5.34. The Morgan fingerprint density at radius 3 is 2.59 bits per heavy atom. The van der Waals surface area contributed by atoms with E-state index < -0.39 is 0 Å². The van der Waals surface area contributed by atoms with E-state index in [0.29, 0.717) is 18.0 Å². The van der Waals surface area contributed by atoms with E-state index in [0.717, 1.165) is 31.8 Å². The van der Waals surface area contributed by atoms with E-state index in [1.54, 1.807) is 0 Å². The van der Waals surface area contributed by atoms with Crippen LogP contribution in [0.5, 0.6) is 0 Å². The van der Waals surface area contributed by atoms with Crippen molar-refractivity contribution in [3.8, 4) is 0 Å². The van der Waals surface area contributed by atoms with Gasteiger partial charge in [-0.2, -0.15) is 0 Å². The lowest BCUT2D eigenvalue weighted by Gasteiger charge is -2.32. The molecular formula is C14H27N3. The van der Waals surface area contributed by atoms with E-state index in [1.807, 2.05) is 6.21 Å². The number of guanidine groups is 1. The number of aliphatic imine (C=N–C) groups is 2. The van der Waals surface area contributed by atoms with Gasteiger partial charge in [-0.15, -0.1) is 0 Å². The van der Waals surface area contributed by atoms with Crippen molar-refractivity contribution in [2.24, 2.45) is 15.9 Å². The number of nitrogens with zero attached hydrogens (tertiary/aromatic N) is 3. The molecule has 17 heavy (non-hydrogen) atoms. The Kier molecular flexibility index (Phi) is 5.66. The van der Waals surface area contributed by atoms with Crippen LogP contribution in [0.2, 0.25) is 0 Å². The molecule has 0 bridgehead atoms.